The van der Waals surface area contributed by atoms with Crippen molar-refractivity contribution in [3.63, 3.8) is 0 Å². The number of hydrogen-bond acceptors (Lipinski definition) is 4. The Morgan fingerprint density at radius 3 is 2.83 bits per heavy atom. The van der Waals surface area contributed by atoms with Crippen LogP contribution in [-0.2, 0) is 0 Å². The van der Waals surface area contributed by atoms with Crippen molar-refractivity contribution in [2.24, 2.45) is 0 Å². The normalized spacial score (nSPS) is 16.2. The first-order valence-corrected chi connectivity index (χ1v) is 6.75. The van der Waals surface area contributed by atoms with E-state index >= 15 is 0 Å². The molecule has 0 radical (unpaired) electrons. The molecule has 1 aromatic rings. The molecule has 96 valence electrons. The van der Waals surface area contributed by atoms with E-state index in [2.05, 4.69) is 23.8 Å². The Morgan fingerprint density at radius 2 is 2.17 bits per heavy atom. The van der Waals surface area contributed by atoms with E-state index in [0.717, 1.165) is 31.7 Å². The maximum atomic E-state index is 12.3. The molecule has 2 rings (SSSR count). The van der Waals surface area contributed by atoms with Crippen molar-refractivity contribution in [1.82, 2.24) is 9.80 Å². The first-order chi connectivity index (χ1) is 8.72. The number of hydrogen-bond donors (Lipinski definition) is 1. The van der Waals surface area contributed by atoms with E-state index in [1.54, 1.807) is 0 Å². The van der Waals surface area contributed by atoms with Crippen LogP contribution >= 0.6 is 11.3 Å². The lowest BCUT2D eigenvalue weighted by molar-refractivity contribution is 0.0668. The van der Waals surface area contributed by atoms with Gasteiger partial charge >= 0.3 is 0 Å². The molecule has 1 amide bonds. The van der Waals surface area contributed by atoms with Gasteiger partial charge < -0.3 is 14.9 Å². The summed E-state index contributed by atoms with van der Waals surface area (Å²) in [6.07, 6.45) is 0. The number of aliphatic hydroxyl groups excluding tert-OH is 1. The van der Waals surface area contributed by atoms with Gasteiger partial charge in [-0.05, 0) is 18.5 Å². The summed E-state index contributed by atoms with van der Waals surface area (Å²) in [5.74, 6) is 5.47. The minimum absolute atomic E-state index is 0.0559. The third kappa shape index (κ3) is 2.91. The fourth-order valence-corrected chi connectivity index (χ4v) is 2.68. The molecular formula is C13H16N2O2S. The van der Waals surface area contributed by atoms with Crippen LogP contribution in [0, 0.1) is 11.8 Å². The molecule has 0 aromatic carbocycles. The number of carbonyl (C=O) groups excluding carboxylic acids is 1. The standard InChI is InChI=1S/C13H16N2O2S/c1-14-5-7-15(8-6-14)13(17)12-11(3-2-9-16)4-10-18-12/h4,10,16H,5-9H2,1H3. The molecule has 1 aliphatic rings. The molecule has 0 unspecified atom stereocenters. The highest BCUT2D eigenvalue weighted by molar-refractivity contribution is 7.12. The quantitative estimate of drug-likeness (QED) is 0.750. The minimum atomic E-state index is -0.183. The van der Waals surface area contributed by atoms with Gasteiger partial charge in [-0.2, -0.15) is 0 Å². The maximum Gasteiger partial charge on any atom is 0.265 e. The molecule has 0 atom stereocenters. The molecule has 0 saturated carbocycles. The van der Waals surface area contributed by atoms with Crippen molar-refractivity contribution >= 4 is 17.2 Å². The van der Waals surface area contributed by atoms with Crippen molar-refractivity contribution in [3.05, 3.63) is 21.9 Å². The van der Waals surface area contributed by atoms with Gasteiger partial charge in [-0.25, -0.2) is 0 Å². The molecular weight excluding hydrogens is 248 g/mol. The molecule has 18 heavy (non-hydrogen) atoms. The molecule has 0 bridgehead atoms. The predicted molar refractivity (Wildman–Crippen MR) is 71.7 cm³/mol. The van der Waals surface area contributed by atoms with Crippen molar-refractivity contribution < 1.29 is 9.90 Å². The predicted octanol–water partition coefficient (Wildman–Crippen LogP) is 0.480. The van der Waals surface area contributed by atoms with E-state index in [-0.39, 0.29) is 12.5 Å². The molecule has 1 aromatic heterocycles. The molecule has 0 aliphatic carbocycles. The summed E-state index contributed by atoms with van der Waals surface area (Å²) < 4.78 is 0. The molecule has 1 N–H and O–H groups in total. The minimum Gasteiger partial charge on any atom is -0.384 e. The Bertz CT molecular complexity index is 479. The molecule has 2 heterocycles. The van der Waals surface area contributed by atoms with Gasteiger partial charge in [0.15, 0.2) is 0 Å². The lowest BCUT2D eigenvalue weighted by Crippen LogP contribution is -2.47. The summed E-state index contributed by atoms with van der Waals surface area (Å²) in [4.78, 5) is 17.1. The fraction of sp³-hybridized carbons (Fsp3) is 0.462. The third-order valence-corrected chi connectivity index (χ3v) is 3.85. The Hall–Kier alpha value is -1.35. The van der Waals surface area contributed by atoms with Gasteiger partial charge in [0.1, 0.15) is 11.5 Å². The van der Waals surface area contributed by atoms with E-state index < -0.39 is 0 Å². The number of thiophene rings is 1. The summed E-state index contributed by atoms with van der Waals surface area (Å²) in [6, 6.07) is 1.83. The van der Waals surface area contributed by atoms with Gasteiger partial charge in [-0.1, -0.05) is 11.8 Å². The highest BCUT2D eigenvalue weighted by Gasteiger charge is 2.22. The average Bonchev–Trinajstić information content (AvgIpc) is 2.84. The number of carbonyl (C=O) groups is 1. The van der Waals surface area contributed by atoms with Crippen LogP contribution in [-0.4, -0.2) is 60.6 Å². The van der Waals surface area contributed by atoms with Crippen LogP contribution in [0.3, 0.4) is 0 Å². The van der Waals surface area contributed by atoms with Crippen molar-refractivity contribution in [2.45, 2.75) is 0 Å². The van der Waals surface area contributed by atoms with Gasteiger partial charge in [0, 0.05) is 31.7 Å². The Kier molecular flexibility index (Phi) is 4.37. The summed E-state index contributed by atoms with van der Waals surface area (Å²) in [7, 11) is 2.06. The number of aliphatic hydroxyl groups is 1. The van der Waals surface area contributed by atoms with Crippen molar-refractivity contribution in [3.8, 4) is 11.8 Å². The number of piperazine rings is 1. The Morgan fingerprint density at radius 1 is 1.44 bits per heavy atom. The number of rotatable bonds is 1. The van der Waals surface area contributed by atoms with Crippen LogP contribution in [0.1, 0.15) is 15.2 Å². The van der Waals surface area contributed by atoms with E-state index in [9.17, 15) is 4.79 Å². The number of amides is 1. The highest BCUT2D eigenvalue weighted by atomic mass is 32.1. The summed E-state index contributed by atoms with van der Waals surface area (Å²) >= 11 is 1.41. The smallest absolute Gasteiger partial charge is 0.265 e. The third-order valence-electron chi connectivity index (χ3n) is 2.95. The van der Waals surface area contributed by atoms with E-state index in [1.807, 2.05) is 16.3 Å². The second-order valence-electron chi connectivity index (χ2n) is 4.22. The Labute approximate surface area is 111 Å². The fourth-order valence-electron chi connectivity index (χ4n) is 1.86. The molecule has 4 nitrogen and oxygen atoms in total. The van der Waals surface area contributed by atoms with Gasteiger partial charge in [0.05, 0.1) is 0 Å². The summed E-state index contributed by atoms with van der Waals surface area (Å²) in [5, 5.41) is 10.6. The van der Waals surface area contributed by atoms with E-state index in [1.165, 1.54) is 11.3 Å². The number of likely N-dealkylation sites (N-methyl/N-ethyl adjacent to an activating group) is 1. The molecule has 5 heteroatoms. The van der Waals surface area contributed by atoms with E-state index in [4.69, 9.17) is 5.11 Å². The monoisotopic (exact) mass is 264 g/mol. The first-order valence-electron chi connectivity index (χ1n) is 5.87. The zero-order valence-corrected chi connectivity index (χ0v) is 11.2. The SMILES string of the molecule is CN1CCN(C(=O)c2sccc2C#CCO)CC1. The zero-order valence-electron chi connectivity index (χ0n) is 10.3. The van der Waals surface area contributed by atoms with Crippen LogP contribution < -0.4 is 0 Å². The number of nitrogens with zero attached hydrogens (tertiary/aromatic N) is 2. The van der Waals surface area contributed by atoms with Crippen LogP contribution in [0.4, 0.5) is 0 Å². The molecule has 1 fully saturated rings. The van der Waals surface area contributed by atoms with Crippen LogP contribution in [0.25, 0.3) is 0 Å². The second kappa shape index (κ2) is 6.01. The summed E-state index contributed by atoms with van der Waals surface area (Å²) in [5.41, 5.74) is 0.720. The zero-order chi connectivity index (χ0) is 13.0. The van der Waals surface area contributed by atoms with Crippen LogP contribution in [0.15, 0.2) is 11.4 Å². The molecule has 1 aliphatic heterocycles. The maximum absolute atomic E-state index is 12.3. The topological polar surface area (TPSA) is 43.8 Å². The van der Waals surface area contributed by atoms with Gasteiger partial charge in [0.2, 0.25) is 0 Å². The van der Waals surface area contributed by atoms with Gasteiger partial charge in [-0.3, -0.25) is 4.79 Å². The molecule has 0 spiro atoms. The first kappa shape index (κ1) is 13.1. The molecule has 1 saturated heterocycles. The average molecular weight is 264 g/mol. The van der Waals surface area contributed by atoms with Gasteiger partial charge in [0.25, 0.3) is 5.91 Å². The van der Waals surface area contributed by atoms with Crippen molar-refractivity contribution in [1.29, 1.82) is 0 Å². The van der Waals surface area contributed by atoms with Crippen LogP contribution in [0.2, 0.25) is 0 Å². The lowest BCUT2D eigenvalue weighted by atomic mass is 10.2. The Balaban J connectivity index is 2.11. The summed E-state index contributed by atoms with van der Waals surface area (Å²) in [6.45, 7) is 3.17. The highest BCUT2D eigenvalue weighted by Crippen LogP contribution is 2.19. The van der Waals surface area contributed by atoms with Gasteiger partial charge in [-0.15, -0.1) is 11.3 Å². The second-order valence-corrected chi connectivity index (χ2v) is 5.13. The van der Waals surface area contributed by atoms with Crippen molar-refractivity contribution in [2.75, 3.05) is 39.8 Å². The lowest BCUT2D eigenvalue weighted by Gasteiger charge is -2.32. The van der Waals surface area contributed by atoms with Crippen LogP contribution in [0.5, 0.6) is 0 Å². The van der Waals surface area contributed by atoms with E-state index in [0.29, 0.717) is 4.88 Å². The largest absolute Gasteiger partial charge is 0.384 e.